The summed E-state index contributed by atoms with van der Waals surface area (Å²) in [5, 5.41) is 21.1. The van der Waals surface area contributed by atoms with Gasteiger partial charge >= 0.3 is 5.97 Å². The SMILES string of the molecule is CC(C)(Cn1nnnc1-c1cccc(Br)c1Cl)C(=O)O. The molecule has 0 fully saturated rings. The van der Waals surface area contributed by atoms with E-state index in [2.05, 4.69) is 31.5 Å². The Kier molecular flexibility index (Phi) is 4.10. The lowest BCUT2D eigenvalue weighted by molar-refractivity contribution is -0.147. The molecule has 0 radical (unpaired) electrons. The predicted octanol–water partition coefficient (Wildman–Crippen LogP) is 2.87. The van der Waals surface area contributed by atoms with Crippen LogP contribution in [0.4, 0.5) is 0 Å². The van der Waals surface area contributed by atoms with Gasteiger partial charge in [-0.05, 0) is 52.3 Å². The van der Waals surface area contributed by atoms with Crippen LogP contribution in [-0.2, 0) is 11.3 Å². The van der Waals surface area contributed by atoms with Crippen LogP contribution in [0.15, 0.2) is 22.7 Å². The Bertz CT molecular complexity index is 657. The first kappa shape index (κ1) is 14.9. The molecule has 0 saturated carbocycles. The highest BCUT2D eigenvalue weighted by atomic mass is 79.9. The van der Waals surface area contributed by atoms with E-state index < -0.39 is 11.4 Å². The van der Waals surface area contributed by atoms with Gasteiger partial charge in [-0.1, -0.05) is 17.7 Å². The molecule has 6 nitrogen and oxygen atoms in total. The van der Waals surface area contributed by atoms with Crippen LogP contribution in [0.1, 0.15) is 13.8 Å². The molecular weight excluding hydrogens is 348 g/mol. The summed E-state index contributed by atoms with van der Waals surface area (Å²) >= 11 is 9.56. The van der Waals surface area contributed by atoms with E-state index >= 15 is 0 Å². The van der Waals surface area contributed by atoms with E-state index in [0.717, 1.165) is 4.47 Å². The van der Waals surface area contributed by atoms with Gasteiger partial charge in [-0.25, -0.2) is 4.68 Å². The normalized spacial score (nSPS) is 11.6. The van der Waals surface area contributed by atoms with Gasteiger partial charge in [-0.15, -0.1) is 5.10 Å². The van der Waals surface area contributed by atoms with Crippen LogP contribution < -0.4 is 0 Å². The Morgan fingerprint density at radius 2 is 2.20 bits per heavy atom. The topological polar surface area (TPSA) is 80.9 Å². The van der Waals surface area contributed by atoms with Gasteiger partial charge in [0.1, 0.15) is 0 Å². The van der Waals surface area contributed by atoms with Gasteiger partial charge in [0.15, 0.2) is 5.82 Å². The molecule has 2 aromatic rings. The number of tetrazole rings is 1. The highest BCUT2D eigenvalue weighted by Gasteiger charge is 2.30. The molecule has 0 spiro atoms. The van der Waals surface area contributed by atoms with E-state index in [0.29, 0.717) is 16.4 Å². The van der Waals surface area contributed by atoms with Crippen molar-refractivity contribution < 1.29 is 9.90 Å². The number of halogens is 2. The summed E-state index contributed by atoms with van der Waals surface area (Å²) in [6, 6.07) is 5.40. The quantitative estimate of drug-likeness (QED) is 0.908. The number of carboxylic acid groups (broad SMARTS) is 1. The Morgan fingerprint density at radius 1 is 1.50 bits per heavy atom. The van der Waals surface area contributed by atoms with Crippen LogP contribution >= 0.6 is 27.5 Å². The lowest BCUT2D eigenvalue weighted by Crippen LogP contribution is -2.30. The number of hydrogen-bond donors (Lipinski definition) is 1. The number of nitrogens with zero attached hydrogens (tertiary/aromatic N) is 4. The van der Waals surface area contributed by atoms with Crippen LogP contribution in [0.2, 0.25) is 5.02 Å². The zero-order valence-electron chi connectivity index (χ0n) is 10.8. The van der Waals surface area contributed by atoms with Crippen LogP contribution in [0.25, 0.3) is 11.4 Å². The van der Waals surface area contributed by atoms with E-state index in [1.807, 2.05) is 6.07 Å². The summed E-state index contributed by atoms with van der Waals surface area (Å²) in [6.45, 7) is 3.38. The average molecular weight is 360 g/mol. The Hall–Kier alpha value is -1.47. The van der Waals surface area contributed by atoms with E-state index in [1.165, 1.54) is 4.68 Å². The molecule has 8 heteroatoms. The van der Waals surface area contributed by atoms with E-state index in [9.17, 15) is 9.90 Å². The third-order valence-electron chi connectivity index (χ3n) is 2.85. The molecule has 0 unspecified atom stereocenters. The molecular formula is C12H12BrClN4O2. The molecule has 0 bridgehead atoms. The van der Waals surface area contributed by atoms with Gasteiger partial charge in [-0.2, -0.15) is 0 Å². The second kappa shape index (κ2) is 5.49. The Morgan fingerprint density at radius 3 is 2.85 bits per heavy atom. The fourth-order valence-electron chi connectivity index (χ4n) is 1.62. The molecule has 1 aromatic carbocycles. The van der Waals surface area contributed by atoms with E-state index in [-0.39, 0.29) is 6.54 Å². The predicted molar refractivity (Wildman–Crippen MR) is 77.4 cm³/mol. The minimum atomic E-state index is -0.984. The second-order valence-corrected chi connectivity index (χ2v) is 6.18. The summed E-state index contributed by atoms with van der Waals surface area (Å²) in [4.78, 5) is 11.2. The highest BCUT2D eigenvalue weighted by Crippen LogP contribution is 2.33. The number of aliphatic carboxylic acids is 1. The fraction of sp³-hybridized carbons (Fsp3) is 0.333. The lowest BCUT2D eigenvalue weighted by atomic mass is 9.94. The molecule has 0 saturated heterocycles. The number of carboxylic acids is 1. The van der Waals surface area contributed by atoms with Gasteiger partial charge in [0.05, 0.1) is 17.0 Å². The maximum absolute atomic E-state index is 11.2. The van der Waals surface area contributed by atoms with Crippen LogP contribution in [0.5, 0.6) is 0 Å². The zero-order chi connectivity index (χ0) is 14.9. The van der Waals surface area contributed by atoms with E-state index in [1.54, 1.807) is 26.0 Å². The first-order valence-electron chi connectivity index (χ1n) is 5.77. The molecule has 106 valence electrons. The van der Waals surface area contributed by atoms with E-state index in [4.69, 9.17) is 11.6 Å². The molecule has 0 aliphatic carbocycles. The van der Waals surface area contributed by atoms with Crippen molar-refractivity contribution >= 4 is 33.5 Å². The van der Waals surface area contributed by atoms with Crippen molar-refractivity contribution in [3.8, 4) is 11.4 Å². The van der Waals surface area contributed by atoms with Crippen LogP contribution in [0.3, 0.4) is 0 Å². The standard InChI is InChI=1S/C12H12BrClN4O2/c1-12(2,11(19)20)6-18-10(15-16-17-18)7-4-3-5-8(13)9(7)14/h3-5H,6H2,1-2H3,(H,19,20). The van der Waals surface area contributed by atoms with Crippen molar-refractivity contribution in [3.63, 3.8) is 0 Å². The Labute approximate surface area is 128 Å². The lowest BCUT2D eigenvalue weighted by Gasteiger charge is -2.19. The molecule has 1 aromatic heterocycles. The van der Waals surface area contributed by atoms with Gasteiger partial charge in [0.2, 0.25) is 0 Å². The second-order valence-electron chi connectivity index (χ2n) is 4.95. The molecule has 20 heavy (non-hydrogen) atoms. The maximum atomic E-state index is 11.2. The third-order valence-corrected chi connectivity index (χ3v) is 4.14. The first-order valence-corrected chi connectivity index (χ1v) is 6.94. The number of benzene rings is 1. The van der Waals surface area contributed by atoms with Crippen molar-refractivity contribution in [1.82, 2.24) is 20.2 Å². The highest BCUT2D eigenvalue weighted by molar-refractivity contribution is 9.10. The molecule has 2 rings (SSSR count). The van der Waals surface area contributed by atoms with Gasteiger partial charge in [0.25, 0.3) is 0 Å². The average Bonchev–Trinajstić information content (AvgIpc) is 2.80. The van der Waals surface area contributed by atoms with Crippen LogP contribution in [-0.4, -0.2) is 31.3 Å². The summed E-state index contributed by atoms with van der Waals surface area (Å²) in [7, 11) is 0. The summed E-state index contributed by atoms with van der Waals surface area (Å²) in [5.41, 5.74) is -0.338. The summed E-state index contributed by atoms with van der Waals surface area (Å²) < 4.78 is 2.17. The number of aromatic nitrogens is 4. The smallest absolute Gasteiger partial charge is 0.310 e. The summed E-state index contributed by atoms with van der Waals surface area (Å²) in [6.07, 6.45) is 0. The van der Waals surface area contributed by atoms with Crippen LogP contribution in [0, 0.1) is 5.41 Å². The minimum Gasteiger partial charge on any atom is -0.481 e. The Balaban J connectivity index is 2.44. The molecule has 1 heterocycles. The third kappa shape index (κ3) is 2.83. The van der Waals surface area contributed by atoms with Gasteiger partial charge in [-0.3, -0.25) is 4.79 Å². The number of carbonyl (C=O) groups is 1. The number of hydrogen-bond acceptors (Lipinski definition) is 4. The largest absolute Gasteiger partial charge is 0.481 e. The van der Waals surface area contributed by atoms with Gasteiger partial charge in [0, 0.05) is 10.0 Å². The summed E-state index contributed by atoms with van der Waals surface area (Å²) in [5.74, 6) is -0.482. The van der Waals surface area contributed by atoms with Crippen molar-refractivity contribution in [1.29, 1.82) is 0 Å². The first-order chi connectivity index (χ1) is 9.33. The van der Waals surface area contributed by atoms with Crippen molar-refractivity contribution in [3.05, 3.63) is 27.7 Å². The monoisotopic (exact) mass is 358 g/mol. The molecule has 0 aliphatic heterocycles. The van der Waals surface area contributed by atoms with Gasteiger partial charge < -0.3 is 5.11 Å². The van der Waals surface area contributed by atoms with Crippen molar-refractivity contribution in [2.75, 3.05) is 0 Å². The zero-order valence-corrected chi connectivity index (χ0v) is 13.2. The van der Waals surface area contributed by atoms with Crippen molar-refractivity contribution in [2.45, 2.75) is 20.4 Å². The molecule has 0 amide bonds. The minimum absolute atomic E-state index is 0.146. The molecule has 0 atom stereocenters. The number of rotatable bonds is 4. The molecule has 0 aliphatic rings. The molecule has 1 N–H and O–H groups in total. The van der Waals surface area contributed by atoms with Crippen molar-refractivity contribution in [2.24, 2.45) is 5.41 Å². The maximum Gasteiger partial charge on any atom is 0.310 e. The fourth-order valence-corrected chi connectivity index (χ4v) is 2.20.